The second-order valence-electron chi connectivity index (χ2n) is 8.04. The summed E-state index contributed by atoms with van der Waals surface area (Å²) in [6.45, 7) is 8.85. The molecule has 0 radical (unpaired) electrons. The van der Waals surface area contributed by atoms with Gasteiger partial charge in [0.15, 0.2) is 0 Å². The number of hydrogen-bond acceptors (Lipinski definition) is 0. The zero-order valence-corrected chi connectivity index (χ0v) is 20.3. The Bertz CT molecular complexity index is 955. The molecule has 0 spiro atoms. The van der Waals surface area contributed by atoms with E-state index in [9.17, 15) is 0 Å². The molecule has 2 aliphatic rings. The van der Waals surface area contributed by atoms with Gasteiger partial charge in [-0.2, -0.15) is 0 Å². The second kappa shape index (κ2) is 7.66. The maximum atomic E-state index is 6.76. The molecule has 0 N–H and O–H groups in total. The van der Waals surface area contributed by atoms with E-state index in [2.05, 4.69) is 76.3 Å². The summed E-state index contributed by atoms with van der Waals surface area (Å²) in [6, 6.07) is 8.95. The first kappa shape index (κ1) is 19.7. The number of fused-ring (bicyclic) bond motifs is 2. The van der Waals surface area contributed by atoms with E-state index in [1.807, 2.05) is 0 Å². The van der Waals surface area contributed by atoms with Crippen LogP contribution in [0.25, 0.3) is 12.2 Å². The van der Waals surface area contributed by atoms with Crippen LogP contribution >= 0.6 is 17.0 Å². The third-order valence-corrected chi connectivity index (χ3v) is 12.5. The summed E-state index contributed by atoms with van der Waals surface area (Å²) >= 11 is -2.49. The van der Waals surface area contributed by atoms with Crippen LogP contribution in [0.5, 0.6) is 0 Å². The van der Waals surface area contributed by atoms with Crippen molar-refractivity contribution in [3.63, 3.8) is 0 Å². The molecule has 3 unspecified atom stereocenters. The van der Waals surface area contributed by atoms with E-state index in [1.54, 1.807) is 0 Å². The first-order valence-corrected chi connectivity index (χ1v) is 17.4. The standard InChI is InChI=1S/C24H25.2ClH.Zr/c1-15-5-7-17(3)23-19(11-13-21(15)23)9-10-20-12-14-22-16(2)6-8-18(4)24(20)22;;;/h5-9,11-14,19-20H,10H2,1-4H3;2*1H;/q;;;+2/p-2. The predicted molar refractivity (Wildman–Crippen MR) is 115 cm³/mol. The molecule has 0 bridgehead atoms. The first-order valence-electron chi connectivity index (χ1n) is 9.63. The summed E-state index contributed by atoms with van der Waals surface area (Å²) in [5.41, 5.74) is 11.2. The molecule has 4 rings (SSSR count). The van der Waals surface area contributed by atoms with Crippen LogP contribution in [0.4, 0.5) is 0 Å². The van der Waals surface area contributed by atoms with Gasteiger partial charge >= 0.3 is 179 Å². The van der Waals surface area contributed by atoms with Crippen molar-refractivity contribution < 1.29 is 19.4 Å². The molecule has 3 atom stereocenters. The van der Waals surface area contributed by atoms with Crippen molar-refractivity contribution in [3.05, 3.63) is 80.9 Å². The molecule has 0 aliphatic heterocycles. The van der Waals surface area contributed by atoms with Crippen LogP contribution in [0.15, 0.2) is 36.4 Å². The van der Waals surface area contributed by atoms with Gasteiger partial charge in [-0.25, -0.2) is 0 Å². The molecule has 0 fully saturated rings. The summed E-state index contributed by atoms with van der Waals surface area (Å²) < 4.78 is 0.384. The molecule has 139 valence electrons. The first-order chi connectivity index (χ1) is 12.9. The zero-order chi connectivity index (χ0) is 19.3. The van der Waals surface area contributed by atoms with Gasteiger partial charge in [0.1, 0.15) is 0 Å². The zero-order valence-electron chi connectivity index (χ0n) is 16.3. The minimum atomic E-state index is -2.49. The fourth-order valence-electron chi connectivity index (χ4n) is 4.87. The summed E-state index contributed by atoms with van der Waals surface area (Å²) in [6.07, 6.45) is 10.4. The van der Waals surface area contributed by atoms with E-state index in [0.717, 1.165) is 6.42 Å². The molecule has 0 nitrogen and oxygen atoms in total. The summed E-state index contributed by atoms with van der Waals surface area (Å²) in [5.74, 6) is 0.799. The Morgan fingerprint density at radius 1 is 0.778 bits per heavy atom. The second-order valence-corrected chi connectivity index (χ2v) is 17.2. The Morgan fingerprint density at radius 2 is 1.30 bits per heavy atom. The SMILES string of the molecule is Cc1ccc(C)c2c1C=CC2C[CH](C1C=Cc2c(C)ccc(C)c21)[Zr]([Cl])[Cl]. The van der Waals surface area contributed by atoms with E-state index >= 15 is 0 Å². The topological polar surface area (TPSA) is 0 Å². The fraction of sp³-hybridized carbons (Fsp3) is 0.333. The predicted octanol–water partition coefficient (Wildman–Crippen LogP) is 7.95. The quantitative estimate of drug-likeness (QED) is 0.421. The van der Waals surface area contributed by atoms with Crippen LogP contribution in [-0.4, -0.2) is 0 Å². The van der Waals surface area contributed by atoms with E-state index in [4.69, 9.17) is 17.0 Å². The number of benzene rings is 2. The molecule has 3 heteroatoms. The van der Waals surface area contributed by atoms with Crippen molar-refractivity contribution in [1.82, 2.24) is 0 Å². The van der Waals surface area contributed by atoms with Crippen molar-refractivity contribution >= 4 is 29.2 Å². The van der Waals surface area contributed by atoms with Crippen molar-refractivity contribution in [2.45, 2.75) is 49.6 Å². The third-order valence-electron chi connectivity index (χ3n) is 6.34. The summed E-state index contributed by atoms with van der Waals surface area (Å²) in [4.78, 5) is 0. The Balaban J connectivity index is 1.69. The Morgan fingerprint density at radius 3 is 1.93 bits per heavy atom. The van der Waals surface area contributed by atoms with Crippen LogP contribution in [0.3, 0.4) is 0 Å². The molecular weight excluding hydrogens is 450 g/mol. The average molecular weight is 476 g/mol. The number of allylic oxidation sites excluding steroid dienone is 2. The molecule has 0 saturated heterocycles. The van der Waals surface area contributed by atoms with Gasteiger partial charge in [-0.1, -0.05) is 0 Å². The van der Waals surface area contributed by atoms with Crippen molar-refractivity contribution in [1.29, 1.82) is 0 Å². The molecule has 27 heavy (non-hydrogen) atoms. The van der Waals surface area contributed by atoms with Crippen molar-refractivity contribution in [3.8, 4) is 0 Å². The van der Waals surface area contributed by atoms with E-state index in [0.29, 0.717) is 15.5 Å². The van der Waals surface area contributed by atoms with Crippen LogP contribution < -0.4 is 0 Å². The van der Waals surface area contributed by atoms with Crippen LogP contribution in [0.1, 0.15) is 62.8 Å². The molecule has 0 heterocycles. The van der Waals surface area contributed by atoms with Crippen LogP contribution in [-0.2, 0) is 19.4 Å². The Labute approximate surface area is 178 Å². The molecule has 2 aromatic carbocycles. The van der Waals surface area contributed by atoms with Gasteiger partial charge in [0, 0.05) is 0 Å². The average Bonchev–Trinajstić information content (AvgIpc) is 3.25. The van der Waals surface area contributed by atoms with Gasteiger partial charge in [0.2, 0.25) is 0 Å². The van der Waals surface area contributed by atoms with Gasteiger partial charge in [-0.05, 0) is 0 Å². The number of hydrogen-bond donors (Lipinski definition) is 0. The van der Waals surface area contributed by atoms with Crippen molar-refractivity contribution in [2.24, 2.45) is 0 Å². The van der Waals surface area contributed by atoms with E-state index < -0.39 is 19.4 Å². The molecular formula is C24H25Cl2Zr. The summed E-state index contributed by atoms with van der Waals surface area (Å²) in [5, 5.41) is 0. The van der Waals surface area contributed by atoms with Crippen LogP contribution in [0, 0.1) is 27.7 Å². The number of aryl methyl sites for hydroxylation is 4. The van der Waals surface area contributed by atoms with Crippen molar-refractivity contribution in [2.75, 3.05) is 0 Å². The molecule has 0 amide bonds. The van der Waals surface area contributed by atoms with Gasteiger partial charge in [-0.3, -0.25) is 0 Å². The van der Waals surface area contributed by atoms with Gasteiger partial charge in [0.05, 0.1) is 0 Å². The fourth-order valence-corrected chi connectivity index (χ4v) is 9.94. The van der Waals surface area contributed by atoms with Crippen LogP contribution in [0.2, 0.25) is 3.63 Å². The number of halogens is 2. The molecule has 2 aromatic rings. The monoisotopic (exact) mass is 473 g/mol. The van der Waals surface area contributed by atoms with Gasteiger partial charge in [-0.15, -0.1) is 0 Å². The Hall–Kier alpha value is -0.617. The normalized spacial score (nSPS) is 20.7. The van der Waals surface area contributed by atoms with Gasteiger partial charge in [0.25, 0.3) is 0 Å². The van der Waals surface area contributed by atoms with Gasteiger partial charge < -0.3 is 0 Å². The van der Waals surface area contributed by atoms with E-state index in [1.165, 1.54) is 44.5 Å². The molecule has 2 aliphatic carbocycles. The Kier molecular flexibility index (Phi) is 5.59. The summed E-state index contributed by atoms with van der Waals surface area (Å²) in [7, 11) is 13.5. The molecule has 0 aromatic heterocycles. The number of rotatable bonds is 4. The maximum absolute atomic E-state index is 6.76. The minimum absolute atomic E-state index is 0.367. The molecule has 0 saturated carbocycles. The van der Waals surface area contributed by atoms with E-state index in [-0.39, 0.29) is 0 Å². The third kappa shape index (κ3) is 3.45.